The molecule has 0 atom stereocenters. The zero-order valence-electron chi connectivity index (χ0n) is 15.2. The molecule has 0 unspecified atom stereocenters. The summed E-state index contributed by atoms with van der Waals surface area (Å²) < 4.78 is 27.3. The Hall–Kier alpha value is -0.520. The highest BCUT2D eigenvalue weighted by Gasteiger charge is 2.10. The standard InChI is InChI=1S/C15H28ClN5O2S.HI/c1-5-17-15(18-8-7-9-19-24(22,23)6-2)21(4)12-14-10-13(16)11-20(14)3;/h10-11,19H,5-9,12H2,1-4H3,(H,17,18);1H. The third-order valence-corrected chi connectivity index (χ3v) is 5.08. The van der Waals surface area contributed by atoms with Gasteiger partial charge in [-0.1, -0.05) is 11.6 Å². The second kappa shape index (κ2) is 12.0. The van der Waals surface area contributed by atoms with Gasteiger partial charge in [0, 0.05) is 45.6 Å². The summed E-state index contributed by atoms with van der Waals surface area (Å²) in [6, 6.07) is 1.93. The van der Waals surface area contributed by atoms with E-state index >= 15 is 0 Å². The fraction of sp³-hybridized carbons (Fsp3) is 0.667. The van der Waals surface area contributed by atoms with Crippen LogP contribution >= 0.6 is 35.6 Å². The highest BCUT2D eigenvalue weighted by atomic mass is 127. The lowest BCUT2D eigenvalue weighted by Gasteiger charge is -2.22. The second-order valence-corrected chi connectivity index (χ2v) is 8.04. The van der Waals surface area contributed by atoms with E-state index in [9.17, 15) is 8.42 Å². The van der Waals surface area contributed by atoms with Gasteiger partial charge < -0.3 is 14.8 Å². The summed E-state index contributed by atoms with van der Waals surface area (Å²) in [6.07, 6.45) is 2.52. The van der Waals surface area contributed by atoms with Crippen molar-refractivity contribution in [2.75, 3.05) is 32.4 Å². The van der Waals surface area contributed by atoms with Gasteiger partial charge >= 0.3 is 0 Å². The average molecular weight is 506 g/mol. The first-order chi connectivity index (χ1) is 11.3. The van der Waals surface area contributed by atoms with Crippen molar-refractivity contribution in [3.63, 3.8) is 0 Å². The molecule has 10 heteroatoms. The van der Waals surface area contributed by atoms with E-state index in [4.69, 9.17) is 11.6 Å². The predicted molar refractivity (Wildman–Crippen MR) is 115 cm³/mol. The minimum Gasteiger partial charge on any atom is -0.357 e. The van der Waals surface area contributed by atoms with Crippen LogP contribution in [-0.2, 0) is 23.6 Å². The van der Waals surface area contributed by atoms with Gasteiger partial charge in [0.05, 0.1) is 17.3 Å². The molecule has 0 aromatic carbocycles. The number of sulfonamides is 1. The number of aryl methyl sites for hydroxylation is 1. The van der Waals surface area contributed by atoms with Crippen LogP contribution in [0.4, 0.5) is 0 Å². The van der Waals surface area contributed by atoms with E-state index in [1.165, 1.54) is 0 Å². The molecule has 1 aromatic rings. The van der Waals surface area contributed by atoms with E-state index in [1.807, 2.05) is 42.7 Å². The summed E-state index contributed by atoms with van der Waals surface area (Å²) in [6.45, 7) is 6.02. The largest absolute Gasteiger partial charge is 0.357 e. The van der Waals surface area contributed by atoms with Crippen molar-refractivity contribution < 1.29 is 8.42 Å². The van der Waals surface area contributed by atoms with Gasteiger partial charge in [0.15, 0.2) is 5.96 Å². The normalized spacial score (nSPS) is 12.0. The monoisotopic (exact) mass is 505 g/mol. The van der Waals surface area contributed by atoms with E-state index < -0.39 is 10.0 Å². The van der Waals surface area contributed by atoms with Gasteiger partial charge in [-0.3, -0.25) is 4.99 Å². The molecule has 25 heavy (non-hydrogen) atoms. The zero-order valence-corrected chi connectivity index (χ0v) is 19.2. The lowest BCUT2D eigenvalue weighted by atomic mass is 10.4. The van der Waals surface area contributed by atoms with E-state index in [0.717, 1.165) is 18.2 Å². The fourth-order valence-corrected chi connectivity index (χ4v) is 3.04. The summed E-state index contributed by atoms with van der Waals surface area (Å²) in [7, 11) is 0.788. The van der Waals surface area contributed by atoms with Crippen LogP contribution < -0.4 is 10.0 Å². The Morgan fingerprint density at radius 2 is 2.08 bits per heavy atom. The predicted octanol–water partition coefficient (Wildman–Crippen LogP) is 2.02. The first-order valence-electron chi connectivity index (χ1n) is 8.06. The van der Waals surface area contributed by atoms with Crippen LogP contribution in [0.2, 0.25) is 5.02 Å². The summed E-state index contributed by atoms with van der Waals surface area (Å²) in [5, 5.41) is 3.96. The molecule has 146 valence electrons. The minimum absolute atomic E-state index is 0. The number of rotatable bonds is 9. The molecule has 1 aromatic heterocycles. The van der Waals surface area contributed by atoms with Crippen molar-refractivity contribution in [2.24, 2.45) is 12.0 Å². The Bertz CT molecular complexity index is 648. The van der Waals surface area contributed by atoms with Gasteiger partial charge in [-0.25, -0.2) is 13.1 Å². The highest BCUT2D eigenvalue weighted by Crippen LogP contribution is 2.14. The molecule has 1 heterocycles. The second-order valence-electron chi connectivity index (χ2n) is 5.50. The van der Waals surface area contributed by atoms with Gasteiger partial charge in [-0.05, 0) is 26.3 Å². The molecule has 1 rings (SSSR count). The number of halogens is 2. The summed E-state index contributed by atoms with van der Waals surface area (Å²) in [4.78, 5) is 6.57. The number of nitrogens with zero attached hydrogens (tertiary/aromatic N) is 3. The third kappa shape index (κ3) is 9.11. The fourth-order valence-electron chi connectivity index (χ4n) is 2.10. The van der Waals surface area contributed by atoms with Crippen LogP contribution in [0.5, 0.6) is 0 Å². The Balaban J connectivity index is 0.00000576. The Kier molecular flexibility index (Phi) is 11.7. The maximum atomic E-state index is 11.4. The quantitative estimate of drug-likeness (QED) is 0.233. The van der Waals surface area contributed by atoms with Crippen molar-refractivity contribution in [3.8, 4) is 0 Å². The van der Waals surface area contributed by atoms with Gasteiger partial charge in [-0.15, -0.1) is 24.0 Å². The molecule has 2 N–H and O–H groups in total. The van der Waals surface area contributed by atoms with Crippen molar-refractivity contribution in [3.05, 3.63) is 23.0 Å². The molecular weight excluding hydrogens is 477 g/mol. The van der Waals surface area contributed by atoms with E-state index in [1.54, 1.807) is 6.92 Å². The molecular formula is C15H29ClIN5O2S. The lowest BCUT2D eigenvalue weighted by molar-refractivity contribution is 0.461. The van der Waals surface area contributed by atoms with Crippen LogP contribution in [0.1, 0.15) is 26.0 Å². The topological polar surface area (TPSA) is 78.7 Å². The van der Waals surface area contributed by atoms with Crippen molar-refractivity contribution >= 4 is 51.6 Å². The summed E-state index contributed by atoms with van der Waals surface area (Å²) in [5.41, 5.74) is 1.09. The third-order valence-electron chi connectivity index (χ3n) is 3.47. The molecule has 0 aliphatic rings. The molecule has 7 nitrogen and oxygen atoms in total. The molecule has 0 fully saturated rings. The van der Waals surface area contributed by atoms with E-state index in [0.29, 0.717) is 31.1 Å². The number of aliphatic imine (C=N–C) groups is 1. The lowest BCUT2D eigenvalue weighted by Crippen LogP contribution is -2.39. The highest BCUT2D eigenvalue weighted by molar-refractivity contribution is 14.0. The zero-order chi connectivity index (χ0) is 18.2. The van der Waals surface area contributed by atoms with Gasteiger partial charge in [0.2, 0.25) is 10.0 Å². The van der Waals surface area contributed by atoms with E-state index in [2.05, 4.69) is 15.0 Å². The van der Waals surface area contributed by atoms with Crippen LogP contribution in [-0.4, -0.2) is 56.3 Å². The van der Waals surface area contributed by atoms with Crippen molar-refractivity contribution in [1.82, 2.24) is 19.5 Å². The Labute approximate surface area is 173 Å². The number of guanidine groups is 1. The molecule has 0 aliphatic heterocycles. The summed E-state index contributed by atoms with van der Waals surface area (Å²) in [5.74, 6) is 0.883. The van der Waals surface area contributed by atoms with Crippen LogP contribution in [0, 0.1) is 0 Å². The van der Waals surface area contributed by atoms with Crippen LogP contribution in [0.15, 0.2) is 17.3 Å². The molecule has 0 saturated carbocycles. The maximum absolute atomic E-state index is 11.4. The average Bonchev–Trinajstić information content (AvgIpc) is 2.83. The van der Waals surface area contributed by atoms with Crippen LogP contribution in [0.3, 0.4) is 0 Å². The smallest absolute Gasteiger partial charge is 0.211 e. The summed E-state index contributed by atoms with van der Waals surface area (Å²) >= 11 is 6.02. The number of nitrogens with one attached hydrogen (secondary N) is 2. The molecule has 0 spiro atoms. The molecule has 0 radical (unpaired) electrons. The number of aromatic nitrogens is 1. The first-order valence-corrected chi connectivity index (χ1v) is 10.1. The van der Waals surface area contributed by atoms with E-state index in [-0.39, 0.29) is 29.7 Å². The SMILES string of the molecule is CCNC(=NCCCNS(=O)(=O)CC)N(C)Cc1cc(Cl)cn1C.I. The van der Waals surface area contributed by atoms with Gasteiger partial charge in [0.25, 0.3) is 0 Å². The molecule has 0 amide bonds. The Morgan fingerprint density at radius 1 is 1.40 bits per heavy atom. The van der Waals surface area contributed by atoms with Gasteiger partial charge in [0.1, 0.15) is 0 Å². The minimum atomic E-state index is -3.13. The maximum Gasteiger partial charge on any atom is 0.211 e. The van der Waals surface area contributed by atoms with Crippen molar-refractivity contribution in [1.29, 1.82) is 0 Å². The van der Waals surface area contributed by atoms with Crippen LogP contribution in [0.25, 0.3) is 0 Å². The van der Waals surface area contributed by atoms with Crippen molar-refractivity contribution in [2.45, 2.75) is 26.8 Å². The molecule has 0 saturated heterocycles. The molecule has 0 bridgehead atoms. The Morgan fingerprint density at radius 3 is 2.60 bits per heavy atom. The first kappa shape index (κ1) is 24.5. The molecule has 0 aliphatic carbocycles. The number of hydrogen-bond donors (Lipinski definition) is 2. The van der Waals surface area contributed by atoms with Gasteiger partial charge in [-0.2, -0.15) is 0 Å². The number of hydrogen-bond acceptors (Lipinski definition) is 3.